The van der Waals surface area contributed by atoms with Gasteiger partial charge in [0.25, 0.3) is 0 Å². The van der Waals surface area contributed by atoms with Gasteiger partial charge in [-0.15, -0.1) is 0 Å². The minimum Gasteiger partial charge on any atom is -0.482 e. The molecule has 1 aliphatic rings. The third kappa shape index (κ3) is 6.11. The predicted octanol–water partition coefficient (Wildman–Crippen LogP) is 7.47. The Morgan fingerprint density at radius 3 is 2.41 bits per heavy atom. The van der Waals surface area contributed by atoms with Crippen molar-refractivity contribution in [1.29, 1.82) is 0 Å². The minimum absolute atomic E-state index is 0.0772. The highest BCUT2D eigenvalue weighted by Crippen LogP contribution is 2.41. The molecule has 2 atom stereocenters. The van der Waals surface area contributed by atoms with Gasteiger partial charge in [0.2, 0.25) is 0 Å². The molecule has 190 valence electrons. The van der Waals surface area contributed by atoms with E-state index in [4.69, 9.17) is 18.9 Å². The Bertz CT molecular complexity index is 1240. The molecule has 1 aliphatic carbocycles. The summed E-state index contributed by atoms with van der Waals surface area (Å²) in [6, 6.07) is 28.6. The maximum Gasteiger partial charge on any atom is 0.344 e. The Hall–Kier alpha value is -3.86. The summed E-state index contributed by atoms with van der Waals surface area (Å²) in [6.07, 6.45) is 5.43. The van der Waals surface area contributed by atoms with Crippen molar-refractivity contribution in [3.05, 3.63) is 96.4 Å². The van der Waals surface area contributed by atoms with Crippen LogP contribution in [0.25, 0.3) is 22.6 Å². The smallest absolute Gasteiger partial charge is 0.344 e. The maximum absolute atomic E-state index is 11.7. The van der Waals surface area contributed by atoms with Crippen LogP contribution in [0.5, 0.6) is 5.75 Å². The van der Waals surface area contributed by atoms with Crippen LogP contribution in [0.4, 0.5) is 0 Å². The van der Waals surface area contributed by atoms with Gasteiger partial charge in [0.1, 0.15) is 11.4 Å². The van der Waals surface area contributed by atoms with Gasteiger partial charge in [-0.2, -0.15) is 0 Å². The van der Waals surface area contributed by atoms with Crippen LogP contribution in [0, 0.1) is 5.92 Å². The monoisotopic (exact) mass is 495 g/mol. The van der Waals surface area contributed by atoms with Crippen molar-refractivity contribution < 1.29 is 18.7 Å². The molecule has 0 N–H and O–H groups in total. The maximum atomic E-state index is 11.7. The fourth-order valence-corrected chi connectivity index (χ4v) is 5.32. The van der Waals surface area contributed by atoms with Crippen LogP contribution in [0.15, 0.2) is 89.3 Å². The van der Waals surface area contributed by atoms with Gasteiger partial charge in [0.05, 0.1) is 6.61 Å². The van der Waals surface area contributed by atoms with Gasteiger partial charge in [-0.3, -0.25) is 0 Å². The number of esters is 1. The highest BCUT2D eigenvalue weighted by atomic mass is 16.6. The molecule has 3 aromatic carbocycles. The molecule has 0 amide bonds. The molecule has 1 heterocycles. The number of hydrogen-bond acceptors (Lipinski definition) is 5. The SMILES string of the molecule is CCOC(=O)COc1cccc(C2CCCCC2Cc2nc(-c3ccccc3)c(-c3ccccc3)o2)c1. The van der Waals surface area contributed by atoms with Crippen LogP contribution in [0.1, 0.15) is 50.0 Å². The number of benzene rings is 3. The highest BCUT2D eigenvalue weighted by Gasteiger charge is 2.29. The number of carbonyl (C=O) groups is 1. The first-order chi connectivity index (χ1) is 18.2. The van der Waals surface area contributed by atoms with E-state index in [1.165, 1.54) is 18.4 Å². The standard InChI is InChI=1S/C32H33NO4/c1-2-35-30(34)22-36-27-18-11-17-25(20-27)28-19-10-9-16-26(28)21-29-33-31(23-12-5-3-6-13-23)32(37-29)24-14-7-4-8-15-24/h3-8,11-15,17-18,20,26,28H,2,9-10,16,19,21-22H2,1H3. The second kappa shape index (κ2) is 11.9. The first-order valence-electron chi connectivity index (χ1n) is 13.2. The van der Waals surface area contributed by atoms with Gasteiger partial charge < -0.3 is 13.9 Å². The fourth-order valence-electron chi connectivity index (χ4n) is 5.32. The lowest BCUT2D eigenvalue weighted by atomic mass is 9.74. The summed E-state index contributed by atoms with van der Waals surface area (Å²) >= 11 is 0. The van der Waals surface area contributed by atoms with Crippen molar-refractivity contribution in [2.24, 2.45) is 5.92 Å². The second-order valence-corrected chi connectivity index (χ2v) is 9.54. The molecule has 5 heteroatoms. The zero-order valence-corrected chi connectivity index (χ0v) is 21.3. The van der Waals surface area contributed by atoms with E-state index in [0.717, 1.165) is 47.7 Å². The van der Waals surface area contributed by atoms with Crippen LogP contribution in [0.3, 0.4) is 0 Å². The summed E-state index contributed by atoms with van der Waals surface area (Å²) in [5.74, 6) is 2.75. The third-order valence-corrected chi connectivity index (χ3v) is 7.05. The van der Waals surface area contributed by atoms with Crippen molar-refractivity contribution in [2.75, 3.05) is 13.2 Å². The van der Waals surface area contributed by atoms with E-state index in [9.17, 15) is 4.79 Å². The predicted molar refractivity (Wildman–Crippen MR) is 144 cm³/mol. The number of rotatable bonds is 9. The second-order valence-electron chi connectivity index (χ2n) is 9.54. The molecule has 0 radical (unpaired) electrons. The van der Waals surface area contributed by atoms with Gasteiger partial charge >= 0.3 is 5.97 Å². The molecular formula is C32H33NO4. The number of carbonyl (C=O) groups excluding carboxylic acids is 1. The van der Waals surface area contributed by atoms with Gasteiger partial charge in [0, 0.05) is 17.5 Å². The van der Waals surface area contributed by atoms with Gasteiger partial charge in [-0.05, 0) is 49.3 Å². The summed E-state index contributed by atoms with van der Waals surface area (Å²) in [5, 5.41) is 0. The van der Waals surface area contributed by atoms with Crippen molar-refractivity contribution in [1.82, 2.24) is 4.98 Å². The quantitative estimate of drug-likeness (QED) is 0.225. The van der Waals surface area contributed by atoms with E-state index in [0.29, 0.717) is 24.2 Å². The number of oxazole rings is 1. The molecule has 0 aliphatic heterocycles. The zero-order valence-electron chi connectivity index (χ0n) is 21.3. The van der Waals surface area contributed by atoms with Gasteiger partial charge in [-0.25, -0.2) is 9.78 Å². The number of hydrogen-bond donors (Lipinski definition) is 0. The van der Waals surface area contributed by atoms with E-state index in [1.54, 1.807) is 6.92 Å². The summed E-state index contributed by atoms with van der Waals surface area (Å²) in [7, 11) is 0. The Labute approximate surface area is 218 Å². The lowest BCUT2D eigenvalue weighted by Gasteiger charge is -2.31. The largest absolute Gasteiger partial charge is 0.482 e. The topological polar surface area (TPSA) is 61.6 Å². The Kier molecular flexibility index (Phi) is 7.99. The van der Waals surface area contributed by atoms with Crippen LogP contribution in [-0.2, 0) is 16.0 Å². The van der Waals surface area contributed by atoms with Gasteiger partial charge in [-0.1, -0.05) is 85.6 Å². The summed E-state index contributed by atoms with van der Waals surface area (Å²) < 4.78 is 17.2. The van der Waals surface area contributed by atoms with Crippen molar-refractivity contribution in [3.8, 4) is 28.3 Å². The van der Waals surface area contributed by atoms with Crippen molar-refractivity contribution in [3.63, 3.8) is 0 Å². The van der Waals surface area contributed by atoms with Crippen molar-refractivity contribution in [2.45, 2.75) is 44.9 Å². The summed E-state index contributed by atoms with van der Waals surface area (Å²) in [5.41, 5.74) is 4.22. The first-order valence-corrected chi connectivity index (χ1v) is 13.2. The molecule has 37 heavy (non-hydrogen) atoms. The average molecular weight is 496 g/mol. The molecule has 5 rings (SSSR count). The molecule has 1 aromatic heterocycles. The minimum atomic E-state index is -0.351. The molecular weight excluding hydrogens is 462 g/mol. The normalized spacial score (nSPS) is 17.3. The lowest BCUT2D eigenvalue weighted by Crippen LogP contribution is -2.20. The third-order valence-electron chi connectivity index (χ3n) is 7.05. The van der Waals surface area contributed by atoms with E-state index in [2.05, 4.69) is 36.4 Å². The molecule has 5 nitrogen and oxygen atoms in total. The molecule has 2 unspecified atom stereocenters. The van der Waals surface area contributed by atoms with E-state index in [-0.39, 0.29) is 12.6 Å². The Morgan fingerprint density at radius 2 is 1.65 bits per heavy atom. The molecule has 0 spiro atoms. The van der Waals surface area contributed by atoms with E-state index >= 15 is 0 Å². The van der Waals surface area contributed by atoms with Crippen LogP contribution in [0.2, 0.25) is 0 Å². The average Bonchev–Trinajstić information content (AvgIpc) is 3.37. The number of nitrogens with zero attached hydrogens (tertiary/aromatic N) is 1. The molecule has 1 fully saturated rings. The van der Waals surface area contributed by atoms with E-state index < -0.39 is 0 Å². The van der Waals surface area contributed by atoms with Crippen LogP contribution < -0.4 is 4.74 Å². The van der Waals surface area contributed by atoms with E-state index in [1.807, 2.05) is 48.5 Å². The summed E-state index contributed by atoms with van der Waals surface area (Å²) in [4.78, 5) is 16.7. The molecule has 0 saturated heterocycles. The zero-order chi connectivity index (χ0) is 25.5. The Balaban J connectivity index is 1.39. The van der Waals surface area contributed by atoms with Crippen LogP contribution >= 0.6 is 0 Å². The number of ether oxygens (including phenoxy) is 2. The summed E-state index contributed by atoms with van der Waals surface area (Å²) in [6.45, 7) is 2.07. The first kappa shape index (κ1) is 24.8. The molecule has 1 saturated carbocycles. The molecule has 4 aromatic rings. The fraction of sp³-hybridized carbons (Fsp3) is 0.312. The van der Waals surface area contributed by atoms with Crippen LogP contribution in [-0.4, -0.2) is 24.2 Å². The number of aromatic nitrogens is 1. The highest BCUT2D eigenvalue weighted by molar-refractivity contribution is 5.76. The molecule has 0 bridgehead atoms. The van der Waals surface area contributed by atoms with Gasteiger partial charge in [0.15, 0.2) is 18.3 Å². The van der Waals surface area contributed by atoms with Crippen molar-refractivity contribution >= 4 is 5.97 Å². The Morgan fingerprint density at radius 1 is 0.919 bits per heavy atom. The lowest BCUT2D eigenvalue weighted by molar-refractivity contribution is -0.145.